The highest BCUT2D eigenvalue weighted by Crippen LogP contribution is 2.31. The monoisotopic (exact) mass is 594 g/mol. The van der Waals surface area contributed by atoms with Gasteiger partial charge in [0.15, 0.2) is 12.0 Å². The number of nitrogens with zero attached hydrogens (tertiary/aromatic N) is 5. The predicted octanol–water partition coefficient (Wildman–Crippen LogP) is 5.15. The molecule has 43 heavy (non-hydrogen) atoms. The zero-order chi connectivity index (χ0) is 30.6. The van der Waals surface area contributed by atoms with Crippen LogP contribution in [0.15, 0.2) is 53.3 Å². The Bertz CT molecular complexity index is 1570. The lowest BCUT2D eigenvalue weighted by atomic mass is 10.1. The number of pyridine rings is 1. The number of carbonyl (C=O) groups is 2. The van der Waals surface area contributed by atoms with Gasteiger partial charge in [-0.15, -0.1) is 0 Å². The maximum absolute atomic E-state index is 15.0. The minimum atomic E-state index is -1.34. The molecular weight excluding hydrogens is 563 g/mol. The number of ether oxygens (including phenoxy) is 3. The van der Waals surface area contributed by atoms with E-state index in [4.69, 9.17) is 18.7 Å². The van der Waals surface area contributed by atoms with E-state index in [1.807, 2.05) is 0 Å². The smallest absolute Gasteiger partial charge is 0.408 e. The molecule has 0 aliphatic carbocycles. The summed E-state index contributed by atoms with van der Waals surface area (Å²) in [4.78, 5) is 32.0. The Hall–Kier alpha value is -4.85. The van der Waals surface area contributed by atoms with Gasteiger partial charge in [-0.2, -0.15) is 10.1 Å². The third kappa shape index (κ3) is 7.52. The zero-order valence-corrected chi connectivity index (χ0v) is 23.8. The standard InChI is InChI=1S/C29H31FN6O7/c1-29(2,3)42-28(39)33-21(27(37)38)15-23-34-25(35-43-23)17-7-9-19(10-8-17)41-26-20(30)14-18(16-31-26)22-11-12-32-36(22)24-6-4-5-13-40-24/h7-12,14,16,21,24H,4-6,13,15H2,1-3H3,(H,33,39)(H,37,38)/t21-,24?/m0/s1. The number of halogens is 1. The number of hydrogen-bond donors (Lipinski definition) is 2. The summed E-state index contributed by atoms with van der Waals surface area (Å²) in [6.07, 6.45) is 4.72. The van der Waals surface area contributed by atoms with Crippen molar-refractivity contribution in [2.24, 2.45) is 0 Å². The second kappa shape index (κ2) is 12.6. The van der Waals surface area contributed by atoms with E-state index in [0.29, 0.717) is 29.2 Å². The van der Waals surface area contributed by atoms with Crippen LogP contribution in [0.1, 0.15) is 52.2 Å². The molecule has 4 heterocycles. The first kappa shape index (κ1) is 29.6. The van der Waals surface area contributed by atoms with Crippen LogP contribution in [-0.2, 0) is 20.7 Å². The van der Waals surface area contributed by atoms with Crippen LogP contribution >= 0.6 is 0 Å². The molecule has 1 saturated heterocycles. The van der Waals surface area contributed by atoms with Gasteiger partial charge in [0, 0.05) is 30.1 Å². The summed E-state index contributed by atoms with van der Waals surface area (Å²) in [7, 11) is 0. The van der Waals surface area contributed by atoms with Gasteiger partial charge in [-0.25, -0.2) is 23.6 Å². The molecule has 1 amide bonds. The molecule has 1 aliphatic rings. The fourth-order valence-electron chi connectivity index (χ4n) is 4.39. The van der Waals surface area contributed by atoms with Crippen LogP contribution in [0.2, 0.25) is 0 Å². The zero-order valence-electron chi connectivity index (χ0n) is 23.8. The lowest BCUT2D eigenvalue weighted by Crippen LogP contribution is -2.44. The van der Waals surface area contributed by atoms with Crippen LogP contribution in [0, 0.1) is 5.82 Å². The fourth-order valence-corrected chi connectivity index (χ4v) is 4.39. The second-order valence-corrected chi connectivity index (χ2v) is 10.9. The minimum Gasteiger partial charge on any atom is -0.480 e. The summed E-state index contributed by atoms with van der Waals surface area (Å²) in [5, 5.41) is 20.0. The van der Waals surface area contributed by atoms with Crippen LogP contribution < -0.4 is 10.1 Å². The molecule has 0 radical (unpaired) electrons. The van der Waals surface area contributed by atoms with Crippen LogP contribution in [0.3, 0.4) is 0 Å². The number of nitrogens with one attached hydrogen (secondary N) is 1. The first-order chi connectivity index (χ1) is 20.6. The Morgan fingerprint density at radius 2 is 1.98 bits per heavy atom. The third-order valence-corrected chi connectivity index (χ3v) is 6.36. The molecular formula is C29H31FN6O7. The summed E-state index contributed by atoms with van der Waals surface area (Å²) in [5.41, 5.74) is 0.993. The van der Waals surface area contributed by atoms with E-state index in [1.165, 1.54) is 12.3 Å². The van der Waals surface area contributed by atoms with Crippen molar-refractivity contribution in [3.8, 4) is 34.3 Å². The molecule has 1 unspecified atom stereocenters. The Labute approximate surface area is 246 Å². The number of carbonyl (C=O) groups excluding carboxylic acids is 1. The SMILES string of the molecule is CC(C)(C)OC(=O)N[C@@H](Cc1nc(-c2ccc(Oc3ncc(-c4ccnn4C4CCCCO4)cc3F)cc2)no1)C(=O)O. The lowest BCUT2D eigenvalue weighted by Gasteiger charge is -2.24. The number of carboxylic acid groups (broad SMARTS) is 1. The average Bonchev–Trinajstić information content (AvgIpc) is 3.64. The molecule has 226 valence electrons. The largest absolute Gasteiger partial charge is 0.480 e. The molecule has 1 aliphatic heterocycles. The van der Waals surface area contributed by atoms with Gasteiger partial charge in [0.1, 0.15) is 17.4 Å². The highest BCUT2D eigenvalue weighted by atomic mass is 19.1. The van der Waals surface area contributed by atoms with Crippen molar-refractivity contribution in [3.05, 3.63) is 60.5 Å². The Morgan fingerprint density at radius 3 is 2.65 bits per heavy atom. The molecule has 1 aromatic carbocycles. The number of benzene rings is 1. The Balaban J connectivity index is 1.22. The van der Waals surface area contributed by atoms with Crippen LogP contribution in [-0.4, -0.2) is 60.3 Å². The Kier molecular flexibility index (Phi) is 8.66. The van der Waals surface area contributed by atoms with E-state index in [1.54, 1.807) is 62.0 Å². The fraction of sp³-hybridized carbons (Fsp3) is 0.379. The molecule has 13 nitrogen and oxygen atoms in total. The van der Waals surface area contributed by atoms with Crippen LogP contribution in [0.25, 0.3) is 22.6 Å². The summed E-state index contributed by atoms with van der Waals surface area (Å²) < 4.78 is 38.5. The van der Waals surface area contributed by atoms with Gasteiger partial charge in [-0.3, -0.25) is 0 Å². The number of amides is 1. The number of rotatable bonds is 9. The normalized spacial score (nSPS) is 16.0. The van der Waals surface area contributed by atoms with E-state index in [2.05, 4.69) is 25.5 Å². The van der Waals surface area contributed by atoms with E-state index < -0.39 is 29.5 Å². The topological polar surface area (TPSA) is 164 Å². The maximum Gasteiger partial charge on any atom is 0.408 e. The average molecular weight is 595 g/mol. The first-order valence-corrected chi connectivity index (χ1v) is 13.7. The lowest BCUT2D eigenvalue weighted by molar-refractivity contribution is -0.139. The molecule has 2 atom stereocenters. The number of alkyl carbamates (subject to hydrolysis) is 1. The first-order valence-electron chi connectivity index (χ1n) is 13.7. The molecule has 0 bridgehead atoms. The van der Waals surface area contributed by atoms with Crippen molar-refractivity contribution < 1.29 is 37.8 Å². The van der Waals surface area contributed by atoms with Gasteiger partial charge in [-0.05, 0) is 76.4 Å². The van der Waals surface area contributed by atoms with E-state index in [0.717, 1.165) is 19.3 Å². The third-order valence-electron chi connectivity index (χ3n) is 6.36. The van der Waals surface area contributed by atoms with Gasteiger partial charge < -0.3 is 29.2 Å². The summed E-state index contributed by atoms with van der Waals surface area (Å²) in [6.45, 7) is 5.65. The number of aliphatic carboxylic acids is 1. The van der Waals surface area contributed by atoms with Crippen molar-refractivity contribution >= 4 is 12.1 Å². The molecule has 5 rings (SSSR count). The Morgan fingerprint density at radius 1 is 1.19 bits per heavy atom. The van der Waals surface area contributed by atoms with Gasteiger partial charge in [0.2, 0.25) is 11.7 Å². The van der Waals surface area contributed by atoms with Crippen LogP contribution in [0.4, 0.5) is 9.18 Å². The highest BCUT2D eigenvalue weighted by molar-refractivity contribution is 5.80. The number of aromatic nitrogens is 5. The van der Waals surface area contributed by atoms with Crippen LogP contribution in [0.5, 0.6) is 11.6 Å². The molecule has 1 fully saturated rings. The number of hydrogen-bond acceptors (Lipinski definition) is 10. The van der Waals surface area contributed by atoms with E-state index >= 15 is 4.39 Å². The summed E-state index contributed by atoms with van der Waals surface area (Å²) in [6, 6.07) is 8.22. The van der Waals surface area contributed by atoms with Gasteiger partial charge >= 0.3 is 12.1 Å². The molecule has 2 N–H and O–H groups in total. The number of carboxylic acids is 1. The predicted molar refractivity (Wildman–Crippen MR) is 149 cm³/mol. The minimum absolute atomic E-state index is 0.00142. The van der Waals surface area contributed by atoms with Crippen molar-refractivity contribution in [3.63, 3.8) is 0 Å². The van der Waals surface area contributed by atoms with E-state index in [-0.39, 0.29) is 30.2 Å². The molecule has 14 heteroatoms. The summed E-state index contributed by atoms with van der Waals surface area (Å²) in [5.74, 6) is -1.62. The van der Waals surface area contributed by atoms with E-state index in [9.17, 15) is 14.7 Å². The van der Waals surface area contributed by atoms with Crippen molar-refractivity contribution in [1.29, 1.82) is 0 Å². The molecule has 4 aromatic rings. The van der Waals surface area contributed by atoms with Crippen molar-refractivity contribution in [2.45, 2.75) is 64.3 Å². The molecule has 3 aromatic heterocycles. The molecule has 0 spiro atoms. The quantitative estimate of drug-likeness (QED) is 0.263. The second-order valence-electron chi connectivity index (χ2n) is 10.9. The molecule has 0 saturated carbocycles. The summed E-state index contributed by atoms with van der Waals surface area (Å²) >= 11 is 0. The maximum atomic E-state index is 15.0. The van der Waals surface area contributed by atoms with Crippen molar-refractivity contribution in [2.75, 3.05) is 6.61 Å². The van der Waals surface area contributed by atoms with Gasteiger partial charge in [0.25, 0.3) is 5.88 Å². The highest BCUT2D eigenvalue weighted by Gasteiger charge is 2.27. The van der Waals surface area contributed by atoms with Gasteiger partial charge in [-0.1, -0.05) is 5.16 Å². The van der Waals surface area contributed by atoms with Crippen molar-refractivity contribution in [1.82, 2.24) is 30.2 Å². The van der Waals surface area contributed by atoms with Gasteiger partial charge in [0.05, 0.1) is 12.1 Å².